The molecule has 1 aromatic heterocycles. The summed E-state index contributed by atoms with van der Waals surface area (Å²) in [6, 6.07) is 6.26. The van der Waals surface area contributed by atoms with Crippen LogP contribution in [0.1, 0.15) is 35.9 Å². The van der Waals surface area contributed by atoms with Crippen LogP contribution in [0.3, 0.4) is 0 Å². The van der Waals surface area contributed by atoms with Gasteiger partial charge in [-0.3, -0.25) is 4.99 Å². The monoisotopic (exact) mass is 452 g/mol. The van der Waals surface area contributed by atoms with E-state index in [4.69, 9.17) is 11.0 Å². The van der Waals surface area contributed by atoms with Crippen LogP contribution in [0, 0.1) is 23.1 Å². The van der Waals surface area contributed by atoms with Gasteiger partial charge >= 0.3 is 0 Å². The topological polar surface area (TPSA) is 91.2 Å². The molecule has 0 spiro atoms. The van der Waals surface area contributed by atoms with Gasteiger partial charge in [0, 0.05) is 43.7 Å². The van der Waals surface area contributed by atoms with Crippen molar-refractivity contribution >= 4 is 28.8 Å². The van der Waals surface area contributed by atoms with Crippen LogP contribution < -0.4 is 5.73 Å². The van der Waals surface area contributed by atoms with E-state index in [2.05, 4.69) is 21.5 Å². The third kappa shape index (κ3) is 3.54. The van der Waals surface area contributed by atoms with Crippen LogP contribution in [0.5, 0.6) is 0 Å². The molecule has 32 heavy (non-hydrogen) atoms. The van der Waals surface area contributed by atoms with E-state index in [1.165, 1.54) is 42.4 Å². The van der Waals surface area contributed by atoms with Gasteiger partial charge in [-0.05, 0) is 37.1 Å². The number of fused-ring (bicyclic) bond motifs is 1. The van der Waals surface area contributed by atoms with E-state index in [1.54, 1.807) is 6.07 Å². The molecule has 164 valence electrons. The van der Waals surface area contributed by atoms with E-state index in [0.717, 1.165) is 12.1 Å². The molecule has 0 amide bonds. The van der Waals surface area contributed by atoms with Crippen molar-refractivity contribution in [1.82, 2.24) is 14.9 Å². The fourth-order valence-electron chi connectivity index (χ4n) is 4.27. The lowest BCUT2D eigenvalue weighted by atomic mass is 9.84. The Morgan fingerprint density at radius 3 is 2.69 bits per heavy atom. The van der Waals surface area contributed by atoms with Gasteiger partial charge in [-0.1, -0.05) is 24.4 Å². The van der Waals surface area contributed by atoms with Gasteiger partial charge in [0.1, 0.15) is 11.9 Å². The van der Waals surface area contributed by atoms with Gasteiger partial charge in [0.05, 0.1) is 15.8 Å². The van der Waals surface area contributed by atoms with Crippen molar-refractivity contribution in [1.29, 1.82) is 5.26 Å². The number of halogens is 2. The third-order valence-corrected chi connectivity index (χ3v) is 7.42. The molecular weight excluding hydrogens is 430 g/mol. The maximum atomic E-state index is 15.0. The number of aliphatic imine (C=N–C) groups is 1. The molecule has 0 bridgehead atoms. The first-order valence-electron chi connectivity index (χ1n) is 9.91. The number of amidine groups is 1. The predicted molar refractivity (Wildman–Crippen MR) is 122 cm³/mol. The molecule has 3 atom stereocenters. The molecule has 2 aromatic rings. The smallest absolute Gasteiger partial charge is 0.188 e. The molecule has 1 aliphatic carbocycles. The molecule has 9 heteroatoms. The zero-order valence-electron chi connectivity index (χ0n) is 17.9. The number of hydrogen-bond acceptors (Lipinski definition) is 7. The zero-order chi connectivity index (χ0) is 23.3. The average Bonchev–Trinajstić information content (AvgIpc) is 3.51. The molecule has 0 radical (unpaired) electrons. The van der Waals surface area contributed by atoms with E-state index in [1.807, 2.05) is 32.0 Å². The van der Waals surface area contributed by atoms with Gasteiger partial charge in [0.25, 0.3) is 0 Å². The van der Waals surface area contributed by atoms with E-state index in [-0.39, 0.29) is 22.1 Å². The van der Waals surface area contributed by atoms with Crippen LogP contribution in [0.4, 0.5) is 8.78 Å². The number of aromatic nitrogens is 2. The summed E-state index contributed by atoms with van der Waals surface area (Å²) < 4.78 is 29.4. The SMILES string of the molecule is C=C(N(C)C)[C@]12C[C@H]1[C@@](C)(c1cc(/C=C(\F)c3ncc(C#N)cn3)ccc1F)N=C(N)S2. The minimum Gasteiger partial charge on any atom is -0.380 e. The van der Waals surface area contributed by atoms with Crippen molar-refractivity contribution in [3.8, 4) is 6.07 Å². The Morgan fingerprint density at radius 2 is 2.06 bits per heavy atom. The molecule has 2 aliphatic rings. The first-order chi connectivity index (χ1) is 15.1. The Kier molecular flexibility index (Phi) is 5.29. The molecular formula is C23H22F2N6S. The quantitative estimate of drug-likeness (QED) is 0.736. The number of nitriles is 1. The first kappa shape index (κ1) is 22.0. The van der Waals surface area contributed by atoms with Crippen LogP contribution in [-0.4, -0.2) is 38.9 Å². The van der Waals surface area contributed by atoms with E-state index in [0.29, 0.717) is 16.3 Å². The van der Waals surface area contributed by atoms with Crippen molar-refractivity contribution in [2.75, 3.05) is 14.1 Å². The summed E-state index contributed by atoms with van der Waals surface area (Å²) in [7, 11) is 3.85. The largest absolute Gasteiger partial charge is 0.380 e. The maximum Gasteiger partial charge on any atom is 0.188 e. The van der Waals surface area contributed by atoms with Crippen LogP contribution in [-0.2, 0) is 5.54 Å². The van der Waals surface area contributed by atoms with E-state index in [9.17, 15) is 4.39 Å². The molecule has 2 heterocycles. The molecule has 1 saturated carbocycles. The van der Waals surface area contributed by atoms with Crippen LogP contribution >= 0.6 is 11.8 Å². The molecule has 1 aliphatic heterocycles. The number of nitrogens with zero attached hydrogens (tertiary/aromatic N) is 5. The van der Waals surface area contributed by atoms with Gasteiger partial charge in [-0.15, -0.1) is 0 Å². The molecule has 1 aromatic carbocycles. The summed E-state index contributed by atoms with van der Waals surface area (Å²) in [5, 5.41) is 9.21. The molecule has 1 fully saturated rings. The molecule has 0 saturated heterocycles. The lowest BCUT2D eigenvalue weighted by Gasteiger charge is -2.36. The highest BCUT2D eigenvalue weighted by Crippen LogP contribution is 2.68. The fourth-order valence-corrected chi connectivity index (χ4v) is 5.80. The Morgan fingerprint density at radius 1 is 1.38 bits per heavy atom. The van der Waals surface area contributed by atoms with Crippen molar-refractivity contribution in [3.05, 3.63) is 71.2 Å². The molecule has 4 rings (SSSR count). The van der Waals surface area contributed by atoms with Crippen LogP contribution in [0.15, 0.2) is 47.9 Å². The van der Waals surface area contributed by atoms with Crippen LogP contribution in [0.2, 0.25) is 0 Å². The Balaban J connectivity index is 1.72. The van der Waals surface area contributed by atoms with Crippen molar-refractivity contribution in [2.24, 2.45) is 16.6 Å². The zero-order valence-corrected chi connectivity index (χ0v) is 18.7. The first-order valence-corrected chi connectivity index (χ1v) is 10.7. The average molecular weight is 453 g/mol. The fraction of sp³-hybridized carbons (Fsp3) is 0.304. The second-order valence-corrected chi connectivity index (χ2v) is 9.68. The standard InChI is InChI=1S/C23H22F2N6S/c1-13(31(3)4)23-9-19(23)22(2,30-21(27)32-23)16-7-14(5-6-17(16)24)8-18(25)20-28-11-15(10-26)12-29-20/h5-8,11-12,19H,1,9H2,2-4H3,(H2,27,30)/b18-8-/t19-,22+,23+/m0/s1. The molecule has 0 unspecified atom stereocenters. The summed E-state index contributed by atoms with van der Waals surface area (Å²) in [5.74, 6) is -1.27. The number of nitrogens with two attached hydrogens (primary N) is 1. The van der Waals surface area contributed by atoms with Crippen molar-refractivity contribution < 1.29 is 8.78 Å². The highest BCUT2D eigenvalue weighted by molar-refractivity contribution is 8.15. The number of thioether (sulfide) groups is 1. The normalized spacial score (nSPS) is 26.6. The van der Waals surface area contributed by atoms with E-state index < -0.39 is 17.2 Å². The summed E-state index contributed by atoms with van der Waals surface area (Å²) in [5.41, 5.74) is 7.20. The number of rotatable bonds is 5. The Labute approximate surface area is 189 Å². The van der Waals surface area contributed by atoms with Crippen molar-refractivity contribution in [3.63, 3.8) is 0 Å². The predicted octanol–water partition coefficient (Wildman–Crippen LogP) is 4.07. The van der Waals surface area contributed by atoms with Gasteiger partial charge in [-0.2, -0.15) is 5.26 Å². The summed E-state index contributed by atoms with van der Waals surface area (Å²) in [6.45, 7) is 6.08. The minimum atomic E-state index is -0.913. The number of benzene rings is 1. The van der Waals surface area contributed by atoms with E-state index >= 15 is 4.39 Å². The second-order valence-electron chi connectivity index (χ2n) is 8.33. The third-order valence-electron chi connectivity index (χ3n) is 6.07. The summed E-state index contributed by atoms with van der Waals surface area (Å²) in [4.78, 5) is 14.3. The second kappa shape index (κ2) is 7.71. The Bertz CT molecular complexity index is 1200. The van der Waals surface area contributed by atoms with Gasteiger partial charge in [0.15, 0.2) is 16.8 Å². The summed E-state index contributed by atoms with van der Waals surface area (Å²) in [6.07, 6.45) is 4.49. The Hall–Kier alpha value is -3.25. The summed E-state index contributed by atoms with van der Waals surface area (Å²) >= 11 is 1.47. The van der Waals surface area contributed by atoms with Gasteiger partial charge < -0.3 is 10.6 Å². The number of hydrogen-bond donors (Lipinski definition) is 1. The lowest BCUT2D eigenvalue weighted by molar-refractivity contribution is 0.381. The van der Waals surface area contributed by atoms with Crippen LogP contribution in [0.25, 0.3) is 11.9 Å². The maximum absolute atomic E-state index is 15.0. The highest BCUT2D eigenvalue weighted by Gasteiger charge is 2.68. The molecule has 6 nitrogen and oxygen atoms in total. The van der Waals surface area contributed by atoms with Gasteiger partial charge in [-0.25, -0.2) is 18.7 Å². The van der Waals surface area contributed by atoms with Gasteiger partial charge in [0.2, 0.25) is 0 Å². The highest BCUT2D eigenvalue weighted by atomic mass is 32.2. The van der Waals surface area contributed by atoms with Crippen molar-refractivity contribution in [2.45, 2.75) is 23.6 Å². The lowest BCUT2D eigenvalue weighted by Crippen LogP contribution is -2.38. The molecule has 2 N–H and O–H groups in total. The minimum absolute atomic E-state index is 0.00244.